The standard InChI is InChI=1S/C11H20O2S/c1-2-3-6-9-7-4-5-8-10(14-9)11(12)13/h9-10H,2-8H2,1H3,(H,12,13). The maximum Gasteiger partial charge on any atom is 0.316 e. The van der Waals surface area contributed by atoms with E-state index in [2.05, 4.69) is 6.92 Å². The molecule has 2 atom stereocenters. The minimum absolute atomic E-state index is 0.139. The Labute approximate surface area is 90.5 Å². The van der Waals surface area contributed by atoms with Gasteiger partial charge in [0.25, 0.3) is 0 Å². The van der Waals surface area contributed by atoms with Gasteiger partial charge >= 0.3 is 5.97 Å². The van der Waals surface area contributed by atoms with Crippen molar-refractivity contribution < 1.29 is 9.90 Å². The summed E-state index contributed by atoms with van der Waals surface area (Å²) < 4.78 is 0. The third-order valence-corrected chi connectivity index (χ3v) is 4.38. The van der Waals surface area contributed by atoms with E-state index >= 15 is 0 Å². The van der Waals surface area contributed by atoms with Gasteiger partial charge in [-0.05, 0) is 19.3 Å². The third kappa shape index (κ3) is 3.91. The van der Waals surface area contributed by atoms with Crippen molar-refractivity contribution in [2.45, 2.75) is 62.4 Å². The highest BCUT2D eigenvalue weighted by molar-refractivity contribution is 8.01. The Kier molecular flexibility index (Phi) is 5.38. The number of hydrogen-bond donors (Lipinski definition) is 1. The van der Waals surface area contributed by atoms with Crippen LogP contribution in [0.15, 0.2) is 0 Å². The Morgan fingerprint density at radius 1 is 1.43 bits per heavy atom. The van der Waals surface area contributed by atoms with Gasteiger partial charge in [0.05, 0.1) is 0 Å². The predicted octanol–water partition coefficient (Wildman–Crippen LogP) is 3.31. The zero-order chi connectivity index (χ0) is 10.4. The molecule has 82 valence electrons. The van der Waals surface area contributed by atoms with Crippen LogP contribution in [0.5, 0.6) is 0 Å². The molecule has 2 nitrogen and oxygen atoms in total. The van der Waals surface area contributed by atoms with E-state index in [0.29, 0.717) is 5.25 Å². The Balaban J connectivity index is 2.38. The first-order valence-electron chi connectivity index (χ1n) is 5.62. The molecule has 1 fully saturated rings. The van der Waals surface area contributed by atoms with Crippen LogP contribution in [0.2, 0.25) is 0 Å². The van der Waals surface area contributed by atoms with Gasteiger partial charge in [-0.3, -0.25) is 4.79 Å². The van der Waals surface area contributed by atoms with Gasteiger partial charge in [0.2, 0.25) is 0 Å². The lowest BCUT2D eigenvalue weighted by molar-refractivity contribution is -0.136. The quantitative estimate of drug-likeness (QED) is 0.783. The fourth-order valence-electron chi connectivity index (χ4n) is 1.90. The summed E-state index contributed by atoms with van der Waals surface area (Å²) in [6.07, 6.45) is 8.04. The minimum Gasteiger partial charge on any atom is -0.480 e. The van der Waals surface area contributed by atoms with Crippen molar-refractivity contribution in [2.75, 3.05) is 0 Å². The van der Waals surface area contributed by atoms with Gasteiger partial charge < -0.3 is 5.11 Å². The topological polar surface area (TPSA) is 37.3 Å². The normalized spacial score (nSPS) is 28.4. The highest BCUT2D eigenvalue weighted by Crippen LogP contribution is 2.33. The summed E-state index contributed by atoms with van der Waals surface area (Å²) in [4.78, 5) is 10.9. The zero-order valence-corrected chi connectivity index (χ0v) is 9.68. The molecular formula is C11H20O2S. The fourth-order valence-corrected chi connectivity index (χ4v) is 3.39. The smallest absolute Gasteiger partial charge is 0.316 e. The zero-order valence-electron chi connectivity index (χ0n) is 8.87. The lowest BCUT2D eigenvalue weighted by Crippen LogP contribution is -2.18. The Hall–Kier alpha value is -0.180. The first-order valence-corrected chi connectivity index (χ1v) is 6.56. The van der Waals surface area contributed by atoms with Crippen LogP contribution < -0.4 is 0 Å². The summed E-state index contributed by atoms with van der Waals surface area (Å²) in [6, 6.07) is 0. The van der Waals surface area contributed by atoms with Gasteiger partial charge in [0.1, 0.15) is 5.25 Å². The SMILES string of the molecule is CCCCC1CCCCC(C(=O)O)S1. The van der Waals surface area contributed by atoms with Crippen LogP contribution in [0.4, 0.5) is 0 Å². The van der Waals surface area contributed by atoms with Gasteiger partial charge in [-0.1, -0.05) is 32.6 Å². The van der Waals surface area contributed by atoms with E-state index in [4.69, 9.17) is 5.11 Å². The number of thioether (sulfide) groups is 1. The molecule has 0 spiro atoms. The van der Waals surface area contributed by atoms with E-state index in [9.17, 15) is 4.79 Å². The van der Waals surface area contributed by atoms with Crippen LogP contribution in [-0.2, 0) is 4.79 Å². The molecule has 0 amide bonds. The van der Waals surface area contributed by atoms with Crippen molar-refractivity contribution in [1.82, 2.24) is 0 Å². The van der Waals surface area contributed by atoms with Crippen LogP contribution in [0.25, 0.3) is 0 Å². The second-order valence-corrected chi connectivity index (χ2v) is 5.52. The maximum absolute atomic E-state index is 10.9. The van der Waals surface area contributed by atoms with Crippen molar-refractivity contribution in [2.24, 2.45) is 0 Å². The van der Waals surface area contributed by atoms with Crippen LogP contribution in [0.3, 0.4) is 0 Å². The average molecular weight is 216 g/mol. The molecule has 0 aromatic carbocycles. The van der Waals surface area contributed by atoms with Crippen molar-refractivity contribution in [1.29, 1.82) is 0 Å². The van der Waals surface area contributed by atoms with E-state index in [1.165, 1.54) is 32.1 Å². The van der Waals surface area contributed by atoms with Gasteiger partial charge in [0.15, 0.2) is 0 Å². The Morgan fingerprint density at radius 3 is 2.79 bits per heavy atom. The van der Waals surface area contributed by atoms with Crippen molar-refractivity contribution in [3.63, 3.8) is 0 Å². The number of hydrogen-bond acceptors (Lipinski definition) is 2. The van der Waals surface area contributed by atoms with Crippen LogP contribution in [0, 0.1) is 0 Å². The molecule has 3 heteroatoms. The molecule has 1 rings (SSSR count). The number of unbranched alkanes of at least 4 members (excludes halogenated alkanes) is 1. The summed E-state index contributed by atoms with van der Waals surface area (Å²) in [7, 11) is 0. The van der Waals surface area contributed by atoms with Crippen molar-refractivity contribution in [3.05, 3.63) is 0 Å². The molecule has 1 aliphatic rings. The molecule has 1 saturated heterocycles. The van der Waals surface area contributed by atoms with Crippen molar-refractivity contribution in [3.8, 4) is 0 Å². The van der Waals surface area contributed by atoms with E-state index in [1.807, 2.05) is 0 Å². The fraction of sp³-hybridized carbons (Fsp3) is 0.909. The molecule has 0 aliphatic carbocycles. The molecule has 0 aromatic rings. The molecule has 1 aliphatic heterocycles. The molecular weight excluding hydrogens is 196 g/mol. The van der Waals surface area contributed by atoms with Crippen LogP contribution in [-0.4, -0.2) is 21.6 Å². The number of carboxylic acids is 1. The summed E-state index contributed by atoms with van der Waals surface area (Å²) in [5.74, 6) is -0.613. The minimum atomic E-state index is -0.613. The van der Waals surface area contributed by atoms with Crippen LogP contribution >= 0.6 is 11.8 Å². The van der Waals surface area contributed by atoms with Gasteiger partial charge in [-0.15, -0.1) is 11.8 Å². The predicted molar refractivity (Wildman–Crippen MR) is 60.8 cm³/mol. The lowest BCUT2D eigenvalue weighted by Gasteiger charge is -2.16. The number of rotatable bonds is 4. The van der Waals surface area contributed by atoms with Crippen LogP contribution in [0.1, 0.15) is 51.9 Å². The Bertz CT molecular complexity index is 182. The second kappa shape index (κ2) is 6.33. The average Bonchev–Trinajstić information content (AvgIpc) is 2.39. The highest BCUT2D eigenvalue weighted by Gasteiger charge is 2.25. The number of carbonyl (C=O) groups is 1. The molecule has 1 N–H and O–H groups in total. The van der Waals surface area contributed by atoms with Gasteiger partial charge in [-0.2, -0.15) is 0 Å². The van der Waals surface area contributed by atoms with E-state index in [-0.39, 0.29) is 5.25 Å². The van der Waals surface area contributed by atoms with E-state index in [1.54, 1.807) is 11.8 Å². The van der Waals surface area contributed by atoms with Gasteiger partial charge in [-0.25, -0.2) is 0 Å². The monoisotopic (exact) mass is 216 g/mol. The lowest BCUT2D eigenvalue weighted by atomic mass is 10.1. The summed E-state index contributed by atoms with van der Waals surface area (Å²) in [5.41, 5.74) is 0. The van der Waals surface area contributed by atoms with Crippen molar-refractivity contribution >= 4 is 17.7 Å². The summed E-state index contributed by atoms with van der Waals surface area (Å²) >= 11 is 1.70. The Morgan fingerprint density at radius 2 is 2.14 bits per heavy atom. The highest BCUT2D eigenvalue weighted by atomic mass is 32.2. The molecule has 2 unspecified atom stereocenters. The summed E-state index contributed by atoms with van der Waals surface area (Å²) in [6.45, 7) is 2.19. The first-order chi connectivity index (χ1) is 6.74. The van der Waals surface area contributed by atoms with E-state index < -0.39 is 5.97 Å². The molecule has 14 heavy (non-hydrogen) atoms. The molecule has 0 saturated carbocycles. The molecule has 0 aromatic heterocycles. The molecule has 0 radical (unpaired) electrons. The van der Waals surface area contributed by atoms with E-state index in [0.717, 1.165) is 12.8 Å². The second-order valence-electron chi connectivity index (χ2n) is 4.01. The number of carboxylic acid groups (broad SMARTS) is 1. The molecule has 1 heterocycles. The first kappa shape index (κ1) is 11.9. The largest absolute Gasteiger partial charge is 0.480 e. The maximum atomic E-state index is 10.9. The van der Waals surface area contributed by atoms with Gasteiger partial charge in [0, 0.05) is 5.25 Å². The third-order valence-electron chi connectivity index (χ3n) is 2.75. The summed E-state index contributed by atoms with van der Waals surface area (Å²) in [5, 5.41) is 9.44. The molecule has 0 bridgehead atoms. The number of aliphatic carboxylic acids is 1.